The first kappa shape index (κ1) is 5.52. The highest BCUT2D eigenvalue weighted by atomic mass is 14.3. The van der Waals surface area contributed by atoms with Crippen molar-refractivity contribution in [1.82, 2.24) is 0 Å². The standard InChI is InChI=1S/C9H14/c1-7-6-8-2-4-9(7)5-3-8/h2,4,7-9H,3,5-6H2,1H3/t7-,8?,9?/m1/s1. The molecule has 2 bridgehead atoms. The molecule has 1 fully saturated rings. The normalized spacial score (nSPS) is 47.9. The van der Waals surface area contributed by atoms with E-state index in [0.29, 0.717) is 0 Å². The summed E-state index contributed by atoms with van der Waals surface area (Å²) in [4.78, 5) is 0. The van der Waals surface area contributed by atoms with Gasteiger partial charge in [0.15, 0.2) is 0 Å². The maximum absolute atomic E-state index is 2.43. The number of rotatable bonds is 0. The molecule has 3 rings (SSSR count). The highest BCUT2D eigenvalue weighted by Crippen LogP contribution is 2.39. The van der Waals surface area contributed by atoms with E-state index in [0.717, 1.165) is 17.8 Å². The van der Waals surface area contributed by atoms with Crippen molar-refractivity contribution in [3.63, 3.8) is 0 Å². The zero-order valence-corrected chi connectivity index (χ0v) is 6.01. The van der Waals surface area contributed by atoms with Crippen LogP contribution in [0.2, 0.25) is 0 Å². The molecule has 0 aromatic heterocycles. The number of hydrogen-bond donors (Lipinski definition) is 0. The molecule has 0 heterocycles. The van der Waals surface area contributed by atoms with Gasteiger partial charge in [-0.05, 0) is 37.0 Å². The summed E-state index contributed by atoms with van der Waals surface area (Å²) in [6.07, 6.45) is 9.24. The Bertz CT molecular complexity index is 135. The van der Waals surface area contributed by atoms with Crippen molar-refractivity contribution >= 4 is 0 Å². The van der Waals surface area contributed by atoms with E-state index < -0.39 is 0 Å². The topological polar surface area (TPSA) is 0 Å². The molecule has 3 atom stereocenters. The summed E-state index contributed by atoms with van der Waals surface area (Å²) >= 11 is 0. The van der Waals surface area contributed by atoms with Crippen LogP contribution in [0.3, 0.4) is 0 Å². The van der Waals surface area contributed by atoms with E-state index in [1.165, 1.54) is 19.3 Å². The lowest BCUT2D eigenvalue weighted by Gasteiger charge is -2.35. The first-order valence-electron chi connectivity index (χ1n) is 4.04. The second-order valence-corrected chi connectivity index (χ2v) is 3.60. The Kier molecular flexibility index (Phi) is 1.14. The second kappa shape index (κ2) is 1.86. The first-order valence-corrected chi connectivity index (χ1v) is 4.04. The van der Waals surface area contributed by atoms with Crippen LogP contribution in [0.4, 0.5) is 0 Å². The summed E-state index contributed by atoms with van der Waals surface area (Å²) in [6.45, 7) is 2.39. The van der Waals surface area contributed by atoms with Crippen LogP contribution in [0.25, 0.3) is 0 Å². The molecular formula is C9H14. The van der Waals surface area contributed by atoms with Gasteiger partial charge in [0.1, 0.15) is 0 Å². The van der Waals surface area contributed by atoms with Crippen LogP contribution in [-0.2, 0) is 0 Å². The Hall–Kier alpha value is -0.260. The largest absolute Gasteiger partial charge is 0.0851 e. The third-order valence-corrected chi connectivity index (χ3v) is 2.91. The predicted octanol–water partition coefficient (Wildman–Crippen LogP) is 2.61. The molecular weight excluding hydrogens is 108 g/mol. The quantitative estimate of drug-likeness (QED) is 0.433. The van der Waals surface area contributed by atoms with E-state index in [9.17, 15) is 0 Å². The lowest BCUT2D eigenvalue weighted by Crippen LogP contribution is -2.24. The van der Waals surface area contributed by atoms with Gasteiger partial charge in [-0.3, -0.25) is 0 Å². The molecule has 0 amide bonds. The maximum atomic E-state index is 2.43. The molecule has 0 aromatic carbocycles. The van der Waals surface area contributed by atoms with Crippen molar-refractivity contribution in [2.45, 2.75) is 26.2 Å². The van der Waals surface area contributed by atoms with Gasteiger partial charge in [-0.15, -0.1) is 0 Å². The number of fused-ring (bicyclic) bond motifs is 2. The SMILES string of the molecule is C[C@@H]1CC2C=CC1CC2. The highest BCUT2D eigenvalue weighted by Gasteiger charge is 2.28. The number of allylic oxidation sites excluding steroid dienone is 2. The first-order chi connectivity index (χ1) is 4.36. The fourth-order valence-corrected chi connectivity index (χ4v) is 2.22. The van der Waals surface area contributed by atoms with Crippen LogP contribution in [0.1, 0.15) is 26.2 Å². The van der Waals surface area contributed by atoms with Crippen molar-refractivity contribution in [2.75, 3.05) is 0 Å². The predicted molar refractivity (Wildman–Crippen MR) is 39.1 cm³/mol. The Morgan fingerprint density at radius 2 is 2.11 bits per heavy atom. The lowest BCUT2D eigenvalue weighted by molar-refractivity contribution is 0.238. The minimum absolute atomic E-state index is 0.940. The molecule has 0 saturated heterocycles. The molecule has 0 heteroatoms. The summed E-state index contributed by atoms with van der Waals surface area (Å²) in [5.74, 6) is 2.87. The molecule has 2 unspecified atom stereocenters. The van der Waals surface area contributed by atoms with E-state index in [4.69, 9.17) is 0 Å². The average Bonchev–Trinajstić information content (AvgIpc) is 1.90. The average molecular weight is 122 g/mol. The van der Waals surface area contributed by atoms with Gasteiger partial charge < -0.3 is 0 Å². The van der Waals surface area contributed by atoms with Gasteiger partial charge >= 0.3 is 0 Å². The summed E-state index contributed by atoms with van der Waals surface area (Å²) in [6, 6.07) is 0. The van der Waals surface area contributed by atoms with E-state index in [1.807, 2.05) is 0 Å². The van der Waals surface area contributed by atoms with Crippen molar-refractivity contribution in [3.8, 4) is 0 Å². The van der Waals surface area contributed by atoms with Gasteiger partial charge in [0.2, 0.25) is 0 Å². The molecule has 9 heavy (non-hydrogen) atoms. The Balaban J connectivity index is 2.20. The zero-order valence-electron chi connectivity index (χ0n) is 6.01. The van der Waals surface area contributed by atoms with Crippen molar-refractivity contribution in [3.05, 3.63) is 12.2 Å². The van der Waals surface area contributed by atoms with E-state index in [1.54, 1.807) is 0 Å². The molecule has 0 spiro atoms. The summed E-state index contributed by atoms with van der Waals surface area (Å²) in [5, 5.41) is 0. The minimum Gasteiger partial charge on any atom is -0.0851 e. The molecule has 0 radical (unpaired) electrons. The van der Waals surface area contributed by atoms with Gasteiger partial charge in [0.05, 0.1) is 0 Å². The highest BCUT2D eigenvalue weighted by molar-refractivity contribution is 5.04. The summed E-state index contributed by atoms with van der Waals surface area (Å²) in [5.41, 5.74) is 0. The fraction of sp³-hybridized carbons (Fsp3) is 0.778. The number of hydrogen-bond acceptors (Lipinski definition) is 0. The van der Waals surface area contributed by atoms with E-state index in [2.05, 4.69) is 19.1 Å². The molecule has 3 aliphatic rings. The van der Waals surface area contributed by atoms with Crippen LogP contribution in [0, 0.1) is 17.8 Å². The van der Waals surface area contributed by atoms with Crippen LogP contribution in [0.15, 0.2) is 12.2 Å². The van der Waals surface area contributed by atoms with Gasteiger partial charge in [-0.2, -0.15) is 0 Å². The van der Waals surface area contributed by atoms with Crippen LogP contribution < -0.4 is 0 Å². The molecule has 0 N–H and O–H groups in total. The van der Waals surface area contributed by atoms with Gasteiger partial charge in [0, 0.05) is 0 Å². The minimum atomic E-state index is 0.940. The zero-order chi connectivity index (χ0) is 6.27. The molecule has 1 saturated carbocycles. The smallest absolute Gasteiger partial charge is 0.0207 e. The Labute approximate surface area is 57.0 Å². The molecule has 0 aromatic rings. The third kappa shape index (κ3) is 0.810. The van der Waals surface area contributed by atoms with Crippen molar-refractivity contribution < 1.29 is 0 Å². The summed E-state index contributed by atoms with van der Waals surface area (Å²) in [7, 11) is 0. The van der Waals surface area contributed by atoms with E-state index in [-0.39, 0.29) is 0 Å². The third-order valence-electron chi connectivity index (χ3n) is 2.91. The van der Waals surface area contributed by atoms with Crippen LogP contribution in [0.5, 0.6) is 0 Å². The Morgan fingerprint density at radius 3 is 2.33 bits per heavy atom. The Morgan fingerprint density at radius 1 is 1.22 bits per heavy atom. The van der Waals surface area contributed by atoms with E-state index >= 15 is 0 Å². The maximum Gasteiger partial charge on any atom is -0.0207 e. The molecule has 0 aliphatic heterocycles. The monoisotopic (exact) mass is 122 g/mol. The van der Waals surface area contributed by atoms with Crippen LogP contribution >= 0.6 is 0 Å². The lowest BCUT2D eigenvalue weighted by atomic mass is 9.70. The van der Waals surface area contributed by atoms with Gasteiger partial charge in [-0.25, -0.2) is 0 Å². The second-order valence-electron chi connectivity index (χ2n) is 3.60. The molecule has 0 nitrogen and oxygen atoms in total. The van der Waals surface area contributed by atoms with Crippen molar-refractivity contribution in [2.24, 2.45) is 17.8 Å². The molecule has 50 valence electrons. The van der Waals surface area contributed by atoms with Gasteiger partial charge in [0.25, 0.3) is 0 Å². The fourth-order valence-electron chi connectivity index (χ4n) is 2.22. The molecule has 3 aliphatic carbocycles. The summed E-state index contributed by atoms with van der Waals surface area (Å²) < 4.78 is 0. The van der Waals surface area contributed by atoms with Crippen molar-refractivity contribution in [1.29, 1.82) is 0 Å². The van der Waals surface area contributed by atoms with Crippen LogP contribution in [-0.4, -0.2) is 0 Å². The van der Waals surface area contributed by atoms with Gasteiger partial charge in [-0.1, -0.05) is 19.1 Å².